The minimum atomic E-state index is -4.40. The third-order valence-corrected chi connectivity index (χ3v) is 17.0. The van der Waals surface area contributed by atoms with Crippen molar-refractivity contribution >= 4 is 18.8 Å². The molecule has 0 aromatic rings. The maximum atomic E-state index is 12.2. The fourth-order valence-corrected chi connectivity index (χ4v) is 13.4. The first-order valence-electron chi connectivity index (χ1n) is 7.43. The molecule has 0 rings (SSSR count). The van der Waals surface area contributed by atoms with Gasteiger partial charge in [0.15, 0.2) is 0 Å². The second-order valence-electron chi connectivity index (χ2n) is 5.79. The molecule has 0 aliphatic rings. The molecular weight excluding hydrogens is 462 g/mol. The van der Waals surface area contributed by atoms with Gasteiger partial charge in [0.25, 0.3) is 0 Å². The van der Waals surface area contributed by atoms with Crippen molar-refractivity contribution in [3.05, 3.63) is 0 Å². The Morgan fingerprint density at radius 2 is 0.833 bits per heavy atom. The van der Waals surface area contributed by atoms with Gasteiger partial charge in [-0.1, -0.05) is 0 Å². The topological polar surface area (TPSA) is 9.23 Å². The van der Waals surface area contributed by atoms with E-state index in [9.17, 15) is 39.5 Å². The van der Waals surface area contributed by atoms with Crippen LogP contribution < -0.4 is 0 Å². The first-order valence-corrected chi connectivity index (χ1v) is 14.7. The molecule has 0 fully saturated rings. The summed E-state index contributed by atoms with van der Waals surface area (Å²) in [5.41, 5.74) is 0. The van der Waals surface area contributed by atoms with Crippen molar-refractivity contribution < 1.29 is 42.6 Å². The van der Waals surface area contributed by atoms with E-state index in [0.717, 1.165) is 0 Å². The summed E-state index contributed by atoms with van der Waals surface area (Å²) in [7, 11) is 1.20. The van der Waals surface area contributed by atoms with Crippen molar-refractivity contribution in [3.8, 4) is 0 Å². The van der Waals surface area contributed by atoms with Gasteiger partial charge in [0.05, 0.1) is 0 Å². The monoisotopic (exact) mass is 484 g/mol. The summed E-state index contributed by atoms with van der Waals surface area (Å²) in [6.45, 7) is 0. The molecule has 11 heteroatoms. The number of halogens is 9. The van der Waals surface area contributed by atoms with Crippen LogP contribution in [-0.2, 0) is 3.07 Å². The van der Waals surface area contributed by atoms with Crippen LogP contribution in [0, 0.1) is 0 Å². The van der Waals surface area contributed by atoms with Gasteiger partial charge in [-0.3, -0.25) is 0 Å². The Hall–Kier alpha value is 0.129. The molecule has 0 spiro atoms. The summed E-state index contributed by atoms with van der Waals surface area (Å²) in [4.78, 5) is 0. The number of hydrogen-bond donors (Lipinski definition) is 0. The Balaban J connectivity index is 4.73. The fraction of sp³-hybridized carbons (Fsp3) is 1.00. The van der Waals surface area contributed by atoms with Gasteiger partial charge in [-0.05, 0) is 0 Å². The molecule has 0 radical (unpaired) electrons. The summed E-state index contributed by atoms with van der Waals surface area (Å²) in [5.74, 6) is 0. The van der Waals surface area contributed by atoms with Crippen LogP contribution in [0.5, 0.6) is 0 Å². The van der Waals surface area contributed by atoms with Crippen molar-refractivity contribution in [2.45, 2.75) is 70.4 Å². The van der Waals surface area contributed by atoms with E-state index < -0.39 is 56.6 Å². The Labute approximate surface area is 139 Å². The molecular formula is C13H21F9OSn. The predicted molar refractivity (Wildman–Crippen MR) is 73.1 cm³/mol. The van der Waals surface area contributed by atoms with E-state index in [1.165, 1.54) is 7.11 Å². The zero-order valence-electron chi connectivity index (χ0n) is 13.2. The van der Waals surface area contributed by atoms with E-state index >= 15 is 0 Å². The number of rotatable bonds is 10. The van der Waals surface area contributed by atoms with Gasteiger partial charge in [-0.15, -0.1) is 0 Å². The van der Waals surface area contributed by atoms with Crippen LogP contribution in [0.1, 0.15) is 38.5 Å². The molecule has 0 saturated carbocycles. The van der Waals surface area contributed by atoms with Gasteiger partial charge in [-0.25, -0.2) is 0 Å². The molecule has 146 valence electrons. The van der Waals surface area contributed by atoms with Gasteiger partial charge in [-0.2, -0.15) is 0 Å². The molecule has 0 N–H and O–H groups in total. The van der Waals surface area contributed by atoms with Crippen LogP contribution in [0.3, 0.4) is 0 Å². The van der Waals surface area contributed by atoms with Crippen LogP contribution in [0.2, 0.25) is 13.3 Å². The van der Waals surface area contributed by atoms with Gasteiger partial charge in [0.1, 0.15) is 0 Å². The molecule has 24 heavy (non-hydrogen) atoms. The molecule has 0 unspecified atom stereocenters. The molecule has 0 aromatic carbocycles. The molecule has 0 aliphatic carbocycles. The molecule has 1 nitrogen and oxygen atoms in total. The van der Waals surface area contributed by atoms with E-state index in [2.05, 4.69) is 0 Å². The number of alkyl halides is 9. The Kier molecular flexibility index (Phi) is 9.78. The van der Waals surface area contributed by atoms with Gasteiger partial charge in [0.2, 0.25) is 0 Å². The zero-order chi connectivity index (χ0) is 19.1. The van der Waals surface area contributed by atoms with Crippen molar-refractivity contribution in [1.82, 2.24) is 0 Å². The third-order valence-electron chi connectivity index (χ3n) is 3.71. The molecule has 0 atom stereocenters. The van der Waals surface area contributed by atoms with Crippen LogP contribution in [0.4, 0.5) is 39.5 Å². The normalized spacial score (nSPS) is 14.2. The molecule has 0 saturated heterocycles. The Morgan fingerprint density at radius 3 is 1.00 bits per heavy atom. The quantitative estimate of drug-likeness (QED) is 0.251. The van der Waals surface area contributed by atoms with Crippen molar-refractivity contribution in [2.24, 2.45) is 0 Å². The molecule has 0 bridgehead atoms. The van der Waals surface area contributed by atoms with Gasteiger partial charge < -0.3 is 0 Å². The van der Waals surface area contributed by atoms with Crippen LogP contribution in [0.15, 0.2) is 0 Å². The average Bonchev–Trinajstić information content (AvgIpc) is 2.33. The molecule has 0 amide bonds. The van der Waals surface area contributed by atoms with E-state index in [1.54, 1.807) is 0 Å². The summed E-state index contributed by atoms with van der Waals surface area (Å²) < 4.78 is 115. The SMILES string of the molecule is C[O][Sn]([CH2]CCC(F)(F)F)([CH2]CCC(F)(F)F)[CH2]CCC(F)(F)F. The van der Waals surface area contributed by atoms with E-state index in [-0.39, 0.29) is 32.6 Å². The van der Waals surface area contributed by atoms with Gasteiger partial charge >= 0.3 is 139 Å². The fourth-order valence-electron chi connectivity index (χ4n) is 2.51. The van der Waals surface area contributed by atoms with Crippen molar-refractivity contribution in [2.75, 3.05) is 7.11 Å². The summed E-state index contributed by atoms with van der Waals surface area (Å²) in [6.07, 6.45) is -17.5. The van der Waals surface area contributed by atoms with Crippen LogP contribution in [-0.4, -0.2) is 44.4 Å². The summed E-state index contributed by atoms with van der Waals surface area (Å²) in [5, 5.41) is 0. The first-order chi connectivity index (χ1) is 10.7. The molecule has 0 heterocycles. The molecule has 0 aromatic heterocycles. The first kappa shape index (κ1) is 24.1. The Bertz CT molecular complexity index is 299. The van der Waals surface area contributed by atoms with E-state index in [1.807, 2.05) is 0 Å². The Morgan fingerprint density at radius 1 is 0.583 bits per heavy atom. The van der Waals surface area contributed by atoms with Crippen molar-refractivity contribution in [1.29, 1.82) is 0 Å². The van der Waals surface area contributed by atoms with Crippen molar-refractivity contribution in [3.63, 3.8) is 0 Å². The second-order valence-corrected chi connectivity index (χ2v) is 18.0. The zero-order valence-corrected chi connectivity index (χ0v) is 16.0. The summed E-state index contributed by atoms with van der Waals surface area (Å²) >= 11 is -3.92. The standard InChI is InChI=1S/3C4H6F3.CH3O.Sn/c3*1-2-3-4(5,6)7;1-2;/h3*1-3H2;1H3;/q;;;-1;+1. The average molecular weight is 483 g/mol. The number of hydrogen-bond acceptors (Lipinski definition) is 1. The second kappa shape index (κ2) is 9.72. The van der Waals surface area contributed by atoms with Crippen LogP contribution >= 0.6 is 0 Å². The molecule has 0 aliphatic heterocycles. The summed E-state index contributed by atoms with van der Waals surface area (Å²) in [6, 6.07) is 0. The predicted octanol–water partition coefficient (Wildman–Crippen LogP) is 6.61. The minimum absolute atomic E-state index is 0.0274. The van der Waals surface area contributed by atoms with Gasteiger partial charge in [0, 0.05) is 0 Å². The maximum absolute atomic E-state index is 12.2. The van der Waals surface area contributed by atoms with E-state index in [4.69, 9.17) is 3.07 Å². The van der Waals surface area contributed by atoms with Crippen LogP contribution in [0.25, 0.3) is 0 Å². The third kappa shape index (κ3) is 13.4. The van der Waals surface area contributed by atoms with E-state index in [0.29, 0.717) is 0 Å².